The highest BCUT2D eigenvalue weighted by molar-refractivity contribution is 5.83. The lowest BCUT2D eigenvalue weighted by Crippen LogP contribution is -2.39. The number of ether oxygens (including phenoxy) is 1. The van der Waals surface area contributed by atoms with Crippen LogP contribution < -0.4 is 10.6 Å². The predicted octanol–water partition coefficient (Wildman–Crippen LogP) is 4.34. The van der Waals surface area contributed by atoms with E-state index >= 15 is 0 Å². The molecule has 47 heavy (non-hydrogen) atoms. The van der Waals surface area contributed by atoms with Crippen molar-refractivity contribution >= 4 is 11.7 Å². The number of carbonyl (C=O) groups excluding carboxylic acids is 1. The van der Waals surface area contributed by atoms with Crippen LogP contribution in [0.3, 0.4) is 0 Å². The van der Waals surface area contributed by atoms with Crippen molar-refractivity contribution in [3.05, 3.63) is 89.9 Å². The molecular weight excluding hydrogens is 590 g/mol. The van der Waals surface area contributed by atoms with Crippen LogP contribution in [0.25, 0.3) is 11.1 Å². The molecule has 244 valence electrons. The van der Waals surface area contributed by atoms with Crippen LogP contribution in [0.2, 0.25) is 0 Å². The Hall–Kier alpha value is -4.66. The number of nitriles is 1. The molecule has 6 rings (SSSR count). The van der Waals surface area contributed by atoms with E-state index in [2.05, 4.69) is 31.7 Å². The third-order valence-electron chi connectivity index (χ3n) is 9.35. The highest BCUT2D eigenvalue weighted by atomic mass is 16.5. The number of morpholine rings is 1. The summed E-state index contributed by atoms with van der Waals surface area (Å²) in [6, 6.07) is 16.3. The van der Waals surface area contributed by atoms with E-state index in [9.17, 15) is 10.1 Å². The quantitative estimate of drug-likeness (QED) is 0.234. The summed E-state index contributed by atoms with van der Waals surface area (Å²) in [7, 11) is 1.89. The topological polar surface area (TPSA) is 134 Å². The van der Waals surface area contributed by atoms with E-state index in [4.69, 9.17) is 14.7 Å². The lowest BCUT2D eigenvalue weighted by Gasteiger charge is -2.33. The molecule has 1 atom stereocenters. The van der Waals surface area contributed by atoms with Crippen molar-refractivity contribution in [2.45, 2.75) is 44.6 Å². The third kappa shape index (κ3) is 8.58. The fraction of sp³-hybridized carbons (Fsp3) is 0.444. The first-order chi connectivity index (χ1) is 23.1. The second-order valence-electron chi connectivity index (χ2n) is 12.6. The van der Waals surface area contributed by atoms with Gasteiger partial charge < -0.3 is 15.4 Å². The summed E-state index contributed by atoms with van der Waals surface area (Å²) in [6.07, 6.45) is 11.8. The van der Waals surface area contributed by atoms with Gasteiger partial charge in [0.2, 0.25) is 5.91 Å². The average molecular weight is 634 g/mol. The summed E-state index contributed by atoms with van der Waals surface area (Å²) >= 11 is 0. The van der Waals surface area contributed by atoms with Gasteiger partial charge in [-0.3, -0.25) is 19.4 Å². The van der Waals surface area contributed by atoms with Gasteiger partial charge in [-0.05, 0) is 49.1 Å². The van der Waals surface area contributed by atoms with Gasteiger partial charge in [-0.2, -0.15) is 10.4 Å². The molecule has 11 heteroatoms. The van der Waals surface area contributed by atoms with E-state index in [0.717, 1.165) is 93.2 Å². The van der Waals surface area contributed by atoms with Crippen LogP contribution in [-0.2, 0) is 29.5 Å². The zero-order valence-electron chi connectivity index (χ0n) is 27.0. The zero-order chi connectivity index (χ0) is 32.4. The van der Waals surface area contributed by atoms with Crippen molar-refractivity contribution in [2.24, 2.45) is 18.9 Å². The molecule has 1 amide bonds. The Labute approximate surface area is 276 Å². The molecular formula is C36H43N9O2. The molecule has 1 saturated heterocycles. The Morgan fingerprint density at radius 3 is 2.53 bits per heavy atom. The SMILES string of the molecule is Cn1cc(-c2ccc(C(C(=O)NCc3ccccc3)C3CCC(Cc4ncc(C#N)c(NCCN5CCOCC5)n4)CC3)nc2)cn1. The Bertz CT molecular complexity index is 1640. The van der Waals surface area contributed by atoms with Crippen molar-refractivity contribution in [2.75, 3.05) is 44.7 Å². The second-order valence-corrected chi connectivity index (χ2v) is 12.6. The molecule has 11 nitrogen and oxygen atoms in total. The normalized spacial score (nSPS) is 19.1. The van der Waals surface area contributed by atoms with Crippen LogP contribution in [0.5, 0.6) is 0 Å². The van der Waals surface area contributed by atoms with Gasteiger partial charge in [-0.25, -0.2) is 9.97 Å². The van der Waals surface area contributed by atoms with Gasteiger partial charge in [0.15, 0.2) is 0 Å². The van der Waals surface area contributed by atoms with Gasteiger partial charge in [0.1, 0.15) is 23.3 Å². The molecule has 1 aliphatic carbocycles. The molecule has 4 heterocycles. The Morgan fingerprint density at radius 1 is 1.02 bits per heavy atom. The maximum Gasteiger partial charge on any atom is 0.229 e. The largest absolute Gasteiger partial charge is 0.379 e. The number of pyridine rings is 1. The fourth-order valence-corrected chi connectivity index (χ4v) is 6.69. The van der Waals surface area contributed by atoms with Gasteiger partial charge in [0, 0.05) is 69.7 Å². The summed E-state index contributed by atoms with van der Waals surface area (Å²) < 4.78 is 7.21. The monoisotopic (exact) mass is 633 g/mol. The number of nitrogens with zero attached hydrogens (tertiary/aromatic N) is 7. The molecule has 4 aromatic rings. The van der Waals surface area contributed by atoms with Gasteiger partial charge in [-0.1, -0.05) is 36.4 Å². The Balaban J connectivity index is 1.10. The molecule has 2 fully saturated rings. The number of carbonyl (C=O) groups is 1. The predicted molar refractivity (Wildman–Crippen MR) is 179 cm³/mol. The van der Waals surface area contributed by atoms with E-state index in [1.807, 2.05) is 68.1 Å². The van der Waals surface area contributed by atoms with Crippen LogP contribution in [0.15, 0.2) is 67.3 Å². The van der Waals surface area contributed by atoms with Crippen molar-refractivity contribution in [1.29, 1.82) is 5.26 Å². The number of nitrogens with one attached hydrogen (secondary N) is 2. The highest BCUT2D eigenvalue weighted by Gasteiger charge is 2.34. The van der Waals surface area contributed by atoms with Gasteiger partial charge >= 0.3 is 0 Å². The number of hydrogen-bond donors (Lipinski definition) is 2. The van der Waals surface area contributed by atoms with Crippen molar-refractivity contribution in [3.63, 3.8) is 0 Å². The van der Waals surface area contributed by atoms with Crippen molar-refractivity contribution in [3.8, 4) is 17.2 Å². The Kier molecular flexibility index (Phi) is 10.8. The van der Waals surface area contributed by atoms with E-state index in [1.165, 1.54) is 0 Å². The number of benzene rings is 1. The molecule has 1 saturated carbocycles. The molecule has 1 aliphatic heterocycles. The molecule has 1 aromatic carbocycles. The van der Waals surface area contributed by atoms with Gasteiger partial charge in [0.05, 0.1) is 37.2 Å². The molecule has 0 bridgehead atoms. The number of aromatic nitrogens is 5. The summed E-state index contributed by atoms with van der Waals surface area (Å²) in [5.41, 5.74) is 4.31. The summed E-state index contributed by atoms with van der Waals surface area (Å²) in [5, 5.41) is 20.5. The summed E-state index contributed by atoms with van der Waals surface area (Å²) in [5.74, 6) is 1.63. The highest BCUT2D eigenvalue weighted by Crippen LogP contribution is 2.39. The smallest absolute Gasteiger partial charge is 0.229 e. The van der Waals surface area contributed by atoms with Crippen LogP contribution in [0.1, 0.15) is 54.2 Å². The van der Waals surface area contributed by atoms with Gasteiger partial charge in [0.25, 0.3) is 0 Å². The molecule has 1 unspecified atom stereocenters. The van der Waals surface area contributed by atoms with E-state index in [0.29, 0.717) is 30.4 Å². The van der Waals surface area contributed by atoms with Crippen molar-refractivity contribution < 1.29 is 9.53 Å². The second kappa shape index (κ2) is 15.8. The van der Waals surface area contributed by atoms with Crippen LogP contribution in [-0.4, -0.2) is 74.9 Å². The van der Waals surface area contributed by atoms with Crippen LogP contribution >= 0.6 is 0 Å². The molecule has 2 N–H and O–H groups in total. The minimum absolute atomic E-state index is 0.0159. The van der Waals surface area contributed by atoms with Crippen molar-refractivity contribution in [1.82, 2.24) is 34.9 Å². The summed E-state index contributed by atoms with van der Waals surface area (Å²) in [6.45, 7) is 5.44. The zero-order valence-corrected chi connectivity index (χ0v) is 27.0. The lowest BCUT2D eigenvalue weighted by molar-refractivity contribution is -0.124. The number of rotatable bonds is 12. The molecule has 0 radical (unpaired) electrons. The fourth-order valence-electron chi connectivity index (χ4n) is 6.69. The summed E-state index contributed by atoms with van der Waals surface area (Å²) in [4.78, 5) is 30.3. The standard InChI is InChI=1S/C36H43N9O2/c1-44-25-31(24-42-44)29-11-12-32(39-22-29)34(36(46)41-21-27-5-3-2-4-6-27)28-9-7-26(8-10-28)19-33-40-23-30(20-37)35(43-33)38-13-14-45-15-17-47-18-16-45/h2-6,11-12,22-26,28,34H,7-10,13-19,21H2,1H3,(H,41,46)(H,38,40,43). The van der Waals surface area contributed by atoms with Crippen LogP contribution in [0.4, 0.5) is 5.82 Å². The number of aryl methyl sites for hydroxylation is 1. The average Bonchev–Trinajstić information content (AvgIpc) is 3.55. The van der Waals surface area contributed by atoms with E-state index in [-0.39, 0.29) is 17.7 Å². The van der Waals surface area contributed by atoms with E-state index in [1.54, 1.807) is 10.9 Å². The first kappa shape index (κ1) is 32.3. The first-order valence-corrected chi connectivity index (χ1v) is 16.6. The maximum atomic E-state index is 13.8. The molecule has 0 spiro atoms. The minimum atomic E-state index is -0.337. The number of amides is 1. The Morgan fingerprint density at radius 2 is 1.83 bits per heavy atom. The third-order valence-corrected chi connectivity index (χ3v) is 9.35. The maximum absolute atomic E-state index is 13.8. The first-order valence-electron chi connectivity index (χ1n) is 16.6. The lowest BCUT2D eigenvalue weighted by atomic mass is 9.73. The number of anilines is 1. The minimum Gasteiger partial charge on any atom is -0.379 e. The van der Waals surface area contributed by atoms with E-state index < -0.39 is 0 Å². The van der Waals surface area contributed by atoms with Crippen LogP contribution in [0, 0.1) is 23.2 Å². The molecule has 2 aliphatic rings. The number of hydrogen-bond acceptors (Lipinski definition) is 9. The molecule has 3 aromatic heterocycles. The van der Waals surface area contributed by atoms with Gasteiger partial charge in [-0.15, -0.1) is 0 Å².